The first-order valence-corrected chi connectivity index (χ1v) is 7.74. The Kier molecular flexibility index (Phi) is 3.13. The van der Waals surface area contributed by atoms with E-state index in [0.29, 0.717) is 27.2 Å². The molecule has 0 bridgehead atoms. The third kappa shape index (κ3) is 2.01. The molecule has 1 aliphatic heterocycles. The Hall–Kier alpha value is -1.98. The SMILES string of the molecule is C=c1ccc2nn3c(C4CCNCC4)cc(=O)nc3c2c1Cl. The standard InChI is InChI=1S/C16H15ClN4O/c1-9-2-3-11-14(15(9)17)16-19-13(22)8-12(21(16)20-11)10-4-6-18-7-5-10/h2-3,8,10,18H,1,4-7H2. The van der Waals surface area contributed by atoms with Crippen LogP contribution in [-0.2, 0) is 0 Å². The van der Waals surface area contributed by atoms with Crippen LogP contribution in [0.3, 0.4) is 0 Å². The number of rotatable bonds is 1. The van der Waals surface area contributed by atoms with Crippen molar-refractivity contribution in [3.63, 3.8) is 0 Å². The molecule has 0 aliphatic carbocycles. The summed E-state index contributed by atoms with van der Waals surface area (Å²) in [6, 6.07) is 5.31. The fourth-order valence-corrected chi connectivity index (χ4v) is 3.43. The number of nitrogens with one attached hydrogen (secondary N) is 1. The van der Waals surface area contributed by atoms with Gasteiger partial charge in [-0.2, -0.15) is 10.1 Å². The number of nitrogens with zero attached hydrogens (tertiary/aromatic N) is 3. The molecule has 1 aliphatic rings. The van der Waals surface area contributed by atoms with Crippen LogP contribution in [0.5, 0.6) is 0 Å². The highest BCUT2D eigenvalue weighted by molar-refractivity contribution is 6.36. The monoisotopic (exact) mass is 314 g/mol. The number of benzene rings is 1. The highest BCUT2D eigenvalue weighted by Gasteiger charge is 2.21. The van der Waals surface area contributed by atoms with Crippen LogP contribution in [0.15, 0.2) is 23.0 Å². The highest BCUT2D eigenvalue weighted by Crippen LogP contribution is 2.28. The Balaban J connectivity index is 2.08. The van der Waals surface area contributed by atoms with Crippen molar-refractivity contribution < 1.29 is 0 Å². The Morgan fingerprint density at radius 3 is 2.86 bits per heavy atom. The summed E-state index contributed by atoms with van der Waals surface area (Å²) in [6.07, 6.45) is 1.98. The average molecular weight is 315 g/mol. The van der Waals surface area contributed by atoms with E-state index in [1.165, 1.54) is 0 Å². The van der Waals surface area contributed by atoms with Gasteiger partial charge in [0.15, 0.2) is 5.65 Å². The van der Waals surface area contributed by atoms with E-state index in [-0.39, 0.29) is 5.56 Å². The zero-order valence-corrected chi connectivity index (χ0v) is 12.7. The van der Waals surface area contributed by atoms with E-state index in [9.17, 15) is 4.79 Å². The van der Waals surface area contributed by atoms with Crippen molar-refractivity contribution in [2.45, 2.75) is 18.8 Å². The summed E-state index contributed by atoms with van der Waals surface area (Å²) >= 11 is 6.37. The van der Waals surface area contributed by atoms with Gasteiger partial charge in [0.05, 0.1) is 21.6 Å². The lowest BCUT2D eigenvalue weighted by molar-refractivity contribution is 0.446. The summed E-state index contributed by atoms with van der Waals surface area (Å²) in [6.45, 7) is 5.81. The van der Waals surface area contributed by atoms with Crippen molar-refractivity contribution >= 4 is 34.7 Å². The Morgan fingerprint density at radius 2 is 2.09 bits per heavy atom. The van der Waals surface area contributed by atoms with Gasteiger partial charge in [0.1, 0.15) is 0 Å². The van der Waals surface area contributed by atoms with Crippen molar-refractivity contribution in [1.29, 1.82) is 0 Å². The van der Waals surface area contributed by atoms with Crippen LogP contribution in [0, 0.1) is 0 Å². The first-order chi connectivity index (χ1) is 10.6. The number of aromatic nitrogens is 3. The minimum absolute atomic E-state index is 0.242. The maximum Gasteiger partial charge on any atom is 0.273 e. The van der Waals surface area contributed by atoms with Gasteiger partial charge >= 0.3 is 0 Å². The zero-order valence-electron chi connectivity index (χ0n) is 12.0. The third-order valence-electron chi connectivity index (χ3n) is 4.32. The third-order valence-corrected chi connectivity index (χ3v) is 4.75. The van der Waals surface area contributed by atoms with E-state index in [4.69, 9.17) is 11.6 Å². The van der Waals surface area contributed by atoms with Crippen LogP contribution in [0.25, 0.3) is 23.1 Å². The molecule has 0 saturated carbocycles. The van der Waals surface area contributed by atoms with E-state index in [0.717, 1.165) is 37.1 Å². The van der Waals surface area contributed by atoms with Gasteiger partial charge in [-0.1, -0.05) is 24.2 Å². The summed E-state index contributed by atoms with van der Waals surface area (Å²) in [5, 5.41) is 9.89. The molecule has 22 heavy (non-hydrogen) atoms. The molecule has 0 atom stereocenters. The fraction of sp³-hybridized carbons (Fsp3) is 0.312. The molecule has 0 radical (unpaired) electrons. The van der Waals surface area contributed by atoms with Crippen molar-refractivity contribution in [2.24, 2.45) is 0 Å². The summed E-state index contributed by atoms with van der Waals surface area (Å²) < 4.78 is 1.79. The summed E-state index contributed by atoms with van der Waals surface area (Å²) in [5.41, 5.74) is 1.96. The summed E-state index contributed by atoms with van der Waals surface area (Å²) in [4.78, 5) is 16.2. The molecule has 6 heteroatoms. The molecule has 0 unspecified atom stereocenters. The molecule has 1 fully saturated rings. The van der Waals surface area contributed by atoms with Gasteiger partial charge in [-0.25, -0.2) is 4.52 Å². The number of hydrogen-bond donors (Lipinski definition) is 1. The quantitative estimate of drug-likeness (QED) is 0.739. The van der Waals surface area contributed by atoms with Crippen LogP contribution in [0.4, 0.5) is 0 Å². The van der Waals surface area contributed by atoms with Crippen molar-refractivity contribution in [3.8, 4) is 0 Å². The topological polar surface area (TPSA) is 59.3 Å². The lowest BCUT2D eigenvalue weighted by Gasteiger charge is -2.22. The van der Waals surface area contributed by atoms with Gasteiger partial charge < -0.3 is 5.32 Å². The van der Waals surface area contributed by atoms with Gasteiger partial charge in [-0.15, -0.1) is 0 Å². The van der Waals surface area contributed by atoms with E-state index in [2.05, 4.69) is 22.0 Å². The fourth-order valence-electron chi connectivity index (χ4n) is 3.18. The number of halogens is 1. The Morgan fingerprint density at radius 1 is 1.32 bits per heavy atom. The highest BCUT2D eigenvalue weighted by atomic mass is 35.5. The normalized spacial score (nSPS) is 16.6. The summed E-state index contributed by atoms with van der Waals surface area (Å²) in [5.74, 6) is 0.312. The second-order valence-electron chi connectivity index (χ2n) is 5.71. The van der Waals surface area contributed by atoms with Crippen molar-refractivity contribution in [3.05, 3.63) is 44.5 Å². The first-order valence-electron chi connectivity index (χ1n) is 7.37. The second-order valence-corrected chi connectivity index (χ2v) is 6.09. The molecule has 1 N–H and O–H groups in total. The number of piperidine rings is 1. The van der Waals surface area contributed by atoms with Crippen molar-refractivity contribution in [2.75, 3.05) is 13.1 Å². The van der Waals surface area contributed by atoms with Gasteiger partial charge in [0, 0.05) is 12.0 Å². The van der Waals surface area contributed by atoms with Crippen molar-refractivity contribution in [1.82, 2.24) is 19.9 Å². The van der Waals surface area contributed by atoms with Crippen LogP contribution in [0.1, 0.15) is 24.5 Å². The maximum absolute atomic E-state index is 12.1. The smallest absolute Gasteiger partial charge is 0.273 e. The zero-order chi connectivity index (χ0) is 15.3. The lowest BCUT2D eigenvalue weighted by atomic mass is 9.94. The number of fused-ring (bicyclic) bond motifs is 3. The minimum atomic E-state index is -0.242. The number of hydrogen-bond acceptors (Lipinski definition) is 4. The molecule has 5 nitrogen and oxygen atoms in total. The predicted molar refractivity (Wildman–Crippen MR) is 87.4 cm³/mol. The molecular weight excluding hydrogens is 300 g/mol. The second kappa shape index (κ2) is 5.04. The molecule has 3 aromatic rings. The molecule has 3 heterocycles. The van der Waals surface area contributed by atoms with Gasteiger partial charge in [0.25, 0.3) is 5.56 Å². The summed E-state index contributed by atoms with van der Waals surface area (Å²) in [7, 11) is 0. The largest absolute Gasteiger partial charge is 0.317 e. The van der Waals surface area contributed by atoms with Gasteiger partial charge in [-0.3, -0.25) is 4.79 Å². The molecular formula is C16H15ClN4O. The predicted octanol–water partition coefficient (Wildman–Crippen LogP) is 1.49. The van der Waals surface area contributed by atoms with Crippen LogP contribution >= 0.6 is 11.6 Å². The maximum atomic E-state index is 12.1. The molecule has 1 saturated heterocycles. The molecule has 0 spiro atoms. The van der Waals surface area contributed by atoms with Crippen LogP contribution in [-0.4, -0.2) is 27.7 Å². The Bertz CT molecular complexity index is 975. The molecule has 2 aromatic heterocycles. The van der Waals surface area contributed by atoms with E-state index >= 15 is 0 Å². The minimum Gasteiger partial charge on any atom is -0.317 e. The van der Waals surface area contributed by atoms with E-state index in [1.807, 2.05) is 12.1 Å². The van der Waals surface area contributed by atoms with E-state index in [1.54, 1.807) is 10.6 Å². The first kappa shape index (κ1) is 13.7. The molecule has 4 rings (SSSR count). The molecule has 0 amide bonds. The van der Waals surface area contributed by atoms with Gasteiger partial charge in [0.2, 0.25) is 0 Å². The molecule has 112 valence electrons. The lowest BCUT2D eigenvalue weighted by Crippen LogP contribution is -2.28. The Labute approximate surface area is 131 Å². The van der Waals surface area contributed by atoms with E-state index < -0.39 is 0 Å². The van der Waals surface area contributed by atoms with Crippen LogP contribution in [0.2, 0.25) is 5.02 Å². The van der Waals surface area contributed by atoms with Crippen LogP contribution < -0.4 is 16.1 Å². The van der Waals surface area contributed by atoms with Gasteiger partial charge in [-0.05, 0) is 37.2 Å². The molecule has 1 aromatic carbocycles. The average Bonchev–Trinajstić information content (AvgIpc) is 2.90.